The monoisotopic (exact) mass is 429 g/mol. The molecule has 4 aromatic rings. The van der Waals surface area contributed by atoms with Crippen LogP contribution < -0.4 is 5.73 Å². The van der Waals surface area contributed by atoms with Crippen molar-refractivity contribution >= 4 is 33.8 Å². The predicted octanol–water partition coefficient (Wildman–Crippen LogP) is 2.40. The molecule has 1 aliphatic rings. The third kappa shape index (κ3) is 3.17. The summed E-state index contributed by atoms with van der Waals surface area (Å²) in [5, 5.41) is 0.618. The number of carbonyl (C=O) groups is 1. The standard InChI is InChI=1S/C23H20FN7O/c1-3-20(32)30-7-6-16(11-30)31-10-15(21-22(25)26-12-27-23(21)31)5-4-14-8-18-19(9-17(14)24)29(2)13-28-18/h3,8-10,12-13,16H,1,6-7,11H2,2H3,(H2,25,26,27)/t16-/m0/s1. The van der Waals surface area contributed by atoms with Crippen molar-refractivity contribution < 1.29 is 9.18 Å². The molecule has 0 aliphatic carbocycles. The maximum absolute atomic E-state index is 14.6. The zero-order chi connectivity index (χ0) is 22.4. The topological polar surface area (TPSA) is 94.9 Å². The fourth-order valence-corrected chi connectivity index (χ4v) is 4.16. The van der Waals surface area contributed by atoms with Crippen molar-refractivity contribution in [1.29, 1.82) is 0 Å². The van der Waals surface area contributed by atoms with E-state index in [1.54, 1.807) is 21.9 Å². The van der Waals surface area contributed by atoms with Crippen LogP contribution in [-0.4, -0.2) is 48.0 Å². The minimum Gasteiger partial charge on any atom is -0.383 e. The number of likely N-dealkylation sites (tertiary alicyclic amines) is 1. The fourth-order valence-electron chi connectivity index (χ4n) is 4.16. The Balaban J connectivity index is 1.57. The molecule has 8 nitrogen and oxygen atoms in total. The number of amides is 1. The van der Waals surface area contributed by atoms with E-state index in [1.807, 2.05) is 17.8 Å². The molecule has 2 N–H and O–H groups in total. The highest BCUT2D eigenvalue weighted by molar-refractivity contribution is 5.92. The van der Waals surface area contributed by atoms with Crippen LogP contribution in [-0.2, 0) is 11.8 Å². The molecular formula is C23H20FN7O. The second-order valence-corrected chi connectivity index (χ2v) is 7.76. The number of hydrogen-bond donors (Lipinski definition) is 1. The molecule has 1 atom stereocenters. The Labute approximate surface area is 183 Å². The summed E-state index contributed by atoms with van der Waals surface area (Å²) in [5.74, 6) is 5.74. The molecule has 0 unspecified atom stereocenters. The average Bonchev–Trinajstić information content (AvgIpc) is 3.50. The van der Waals surface area contributed by atoms with Gasteiger partial charge in [0.15, 0.2) is 0 Å². The van der Waals surface area contributed by atoms with E-state index in [0.29, 0.717) is 46.5 Å². The second kappa shape index (κ2) is 7.50. The SMILES string of the molecule is C=CC(=O)N1CC[C@H](n2cc(C#Cc3cc4ncn(C)c4cc3F)c3c(N)ncnc32)C1. The number of benzene rings is 1. The Morgan fingerprint density at radius 1 is 1.28 bits per heavy atom. The molecule has 5 rings (SSSR count). The minimum absolute atomic E-state index is 0.0212. The summed E-state index contributed by atoms with van der Waals surface area (Å²) in [7, 11) is 1.81. The minimum atomic E-state index is -0.420. The van der Waals surface area contributed by atoms with E-state index in [-0.39, 0.29) is 17.5 Å². The zero-order valence-corrected chi connectivity index (χ0v) is 17.4. The summed E-state index contributed by atoms with van der Waals surface area (Å²) >= 11 is 0. The fraction of sp³-hybridized carbons (Fsp3) is 0.217. The average molecular weight is 429 g/mol. The van der Waals surface area contributed by atoms with Gasteiger partial charge in [0.2, 0.25) is 5.91 Å². The lowest BCUT2D eigenvalue weighted by Gasteiger charge is -2.15. The van der Waals surface area contributed by atoms with Crippen molar-refractivity contribution in [3.05, 3.63) is 60.6 Å². The van der Waals surface area contributed by atoms with Gasteiger partial charge in [0.05, 0.1) is 39.9 Å². The summed E-state index contributed by atoms with van der Waals surface area (Å²) in [6.07, 6.45) is 6.98. The van der Waals surface area contributed by atoms with Gasteiger partial charge in [-0.3, -0.25) is 4.79 Å². The van der Waals surface area contributed by atoms with E-state index in [0.717, 1.165) is 6.42 Å². The molecule has 9 heteroatoms. The molecule has 1 aliphatic heterocycles. The molecule has 32 heavy (non-hydrogen) atoms. The molecule has 0 spiro atoms. The molecule has 1 aromatic carbocycles. The summed E-state index contributed by atoms with van der Waals surface area (Å²) < 4.78 is 18.4. The Morgan fingerprint density at radius 3 is 2.91 bits per heavy atom. The van der Waals surface area contributed by atoms with Crippen molar-refractivity contribution in [2.45, 2.75) is 12.5 Å². The molecular weight excluding hydrogens is 409 g/mol. The van der Waals surface area contributed by atoms with Crippen LogP contribution in [0.3, 0.4) is 0 Å². The molecule has 0 bridgehead atoms. The first-order valence-corrected chi connectivity index (χ1v) is 10.1. The number of halogens is 1. The summed E-state index contributed by atoms with van der Waals surface area (Å²) in [4.78, 5) is 26.5. The first kappa shape index (κ1) is 19.8. The smallest absolute Gasteiger partial charge is 0.246 e. The third-order valence-electron chi connectivity index (χ3n) is 5.83. The molecule has 0 radical (unpaired) electrons. The number of imidazole rings is 1. The Kier molecular flexibility index (Phi) is 4.63. The van der Waals surface area contributed by atoms with Gasteiger partial charge >= 0.3 is 0 Å². The van der Waals surface area contributed by atoms with Crippen LogP contribution in [0.15, 0.2) is 43.6 Å². The third-order valence-corrected chi connectivity index (χ3v) is 5.83. The number of nitrogens with zero attached hydrogens (tertiary/aromatic N) is 6. The number of rotatable bonds is 2. The number of carbonyl (C=O) groups excluding carboxylic acids is 1. The van der Waals surface area contributed by atoms with Gasteiger partial charge in [-0.15, -0.1) is 0 Å². The Morgan fingerprint density at radius 2 is 2.09 bits per heavy atom. The van der Waals surface area contributed by atoms with Crippen LogP contribution in [0.5, 0.6) is 0 Å². The quantitative estimate of drug-likeness (QED) is 0.390. The van der Waals surface area contributed by atoms with Crippen molar-refractivity contribution in [2.75, 3.05) is 18.8 Å². The number of nitrogens with two attached hydrogens (primary N) is 1. The molecule has 3 aromatic heterocycles. The van der Waals surface area contributed by atoms with E-state index in [1.165, 1.54) is 18.5 Å². The highest BCUT2D eigenvalue weighted by atomic mass is 19.1. The van der Waals surface area contributed by atoms with Crippen LogP contribution >= 0.6 is 0 Å². The largest absolute Gasteiger partial charge is 0.383 e. The van der Waals surface area contributed by atoms with Crippen LogP contribution in [0.2, 0.25) is 0 Å². The van der Waals surface area contributed by atoms with Gasteiger partial charge < -0.3 is 19.8 Å². The van der Waals surface area contributed by atoms with E-state index in [2.05, 4.69) is 33.4 Å². The summed E-state index contributed by atoms with van der Waals surface area (Å²) in [6, 6.07) is 3.08. The number of nitrogen functional groups attached to an aromatic ring is 1. The lowest BCUT2D eigenvalue weighted by molar-refractivity contribution is -0.125. The van der Waals surface area contributed by atoms with Gasteiger partial charge in [-0.1, -0.05) is 18.4 Å². The van der Waals surface area contributed by atoms with E-state index >= 15 is 0 Å². The lowest BCUT2D eigenvalue weighted by atomic mass is 10.1. The molecule has 160 valence electrons. The highest BCUT2D eigenvalue weighted by Gasteiger charge is 2.28. The number of anilines is 1. The normalized spacial score (nSPS) is 15.8. The van der Waals surface area contributed by atoms with Gasteiger partial charge in [-0.05, 0) is 18.6 Å². The van der Waals surface area contributed by atoms with Crippen molar-refractivity contribution in [3.63, 3.8) is 0 Å². The van der Waals surface area contributed by atoms with Gasteiger partial charge in [0, 0.05) is 32.4 Å². The van der Waals surface area contributed by atoms with E-state index in [4.69, 9.17) is 5.73 Å². The molecule has 0 saturated carbocycles. The maximum Gasteiger partial charge on any atom is 0.246 e. The molecule has 1 fully saturated rings. The zero-order valence-electron chi connectivity index (χ0n) is 17.4. The van der Waals surface area contributed by atoms with Crippen molar-refractivity contribution in [3.8, 4) is 11.8 Å². The van der Waals surface area contributed by atoms with Crippen molar-refractivity contribution in [2.24, 2.45) is 7.05 Å². The maximum atomic E-state index is 14.6. The van der Waals surface area contributed by atoms with Crippen molar-refractivity contribution in [1.82, 2.24) is 29.0 Å². The van der Waals surface area contributed by atoms with Crippen LogP contribution in [0.4, 0.5) is 10.2 Å². The lowest BCUT2D eigenvalue weighted by Crippen LogP contribution is -2.27. The summed E-state index contributed by atoms with van der Waals surface area (Å²) in [6.45, 7) is 4.73. The Bertz CT molecular complexity index is 1460. The van der Waals surface area contributed by atoms with E-state index in [9.17, 15) is 9.18 Å². The highest BCUT2D eigenvalue weighted by Crippen LogP contribution is 2.30. The van der Waals surface area contributed by atoms with Gasteiger partial charge in [0.1, 0.15) is 23.6 Å². The number of aromatic nitrogens is 5. The molecule has 4 heterocycles. The predicted molar refractivity (Wildman–Crippen MR) is 119 cm³/mol. The number of hydrogen-bond acceptors (Lipinski definition) is 5. The van der Waals surface area contributed by atoms with Crippen LogP contribution in [0, 0.1) is 17.7 Å². The van der Waals surface area contributed by atoms with Gasteiger partial charge in [-0.25, -0.2) is 19.3 Å². The number of fused-ring (bicyclic) bond motifs is 2. The second-order valence-electron chi connectivity index (χ2n) is 7.76. The summed E-state index contributed by atoms with van der Waals surface area (Å²) in [5.41, 5.74) is 9.00. The first-order chi connectivity index (χ1) is 15.5. The van der Waals surface area contributed by atoms with Gasteiger partial charge in [-0.2, -0.15) is 0 Å². The first-order valence-electron chi connectivity index (χ1n) is 10.1. The molecule has 1 saturated heterocycles. The molecule has 1 amide bonds. The van der Waals surface area contributed by atoms with E-state index < -0.39 is 5.82 Å². The van der Waals surface area contributed by atoms with Crippen LogP contribution in [0.1, 0.15) is 23.6 Å². The van der Waals surface area contributed by atoms with Gasteiger partial charge in [0.25, 0.3) is 0 Å². The Hall–Kier alpha value is -4.19. The number of aryl methyl sites for hydroxylation is 1. The van der Waals surface area contributed by atoms with Crippen LogP contribution in [0.25, 0.3) is 22.1 Å².